The Hall–Kier alpha value is -2.41. The molecule has 0 spiro atoms. The lowest BCUT2D eigenvalue weighted by Gasteiger charge is -2.46. The van der Waals surface area contributed by atoms with Crippen molar-refractivity contribution in [2.45, 2.75) is 78.8 Å². The van der Waals surface area contributed by atoms with Gasteiger partial charge in [-0.3, -0.25) is 9.88 Å². The second-order valence-corrected chi connectivity index (χ2v) is 17.4. The first-order valence-electron chi connectivity index (χ1n) is 16.6. The van der Waals surface area contributed by atoms with Crippen molar-refractivity contribution in [2.24, 2.45) is 0 Å². The lowest BCUT2D eigenvalue weighted by Crippen LogP contribution is -2.54. The van der Waals surface area contributed by atoms with E-state index in [0.29, 0.717) is 33.9 Å². The van der Waals surface area contributed by atoms with Gasteiger partial charge in [-0.25, -0.2) is 8.42 Å². The molecule has 1 aromatic heterocycles. The first-order chi connectivity index (χ1) is 21.9. The monoisotopic (exact) mass is 667 g/mol. The van der Waals surface area contributed by atoms with Gasteiger partial charge in [0.15, 0.2) is 4.90 Å². The zero-order valence-corrected chi connectivity index (χ0v) is 29.6. The molecule has 1 unspecified atom stereocenters. The molecule has 0 aliphatic carbocycles. The third kappa shape index (κ3) is 7.34. The maximum absolute atomic E-state index is 14.3. The fourth-order valence-electron chi connectivity index (χ4n) is 7.27. The molecule has 3 fully saturated rings. The van der Waals surface area contributed by atoms with E-state index >= 15 is 0 Å². The quantitative estimate of drug-likeness (QED) is 0.334. The number of fused-ring (bicyclic) bond motifs is 1. The van der Waals surface area contributed by atoms with Crippen LogP contribution in [0.3, 0.4) is 0 Å². The van der Waals surface area contributed by atoms with E-state index in [-0.39, 0.29) is 15.4 Å². The summed E-state index contributed by atoms with van der Waals surface area (Å²) in [6.45, 7) is 14.3. The van der Waals surface area contributed by atoms with Crippen LogP contribution in [0.5, 0.6) is 5.75 Å². The molecule has 11 heteroatoms. The standard InChI is InChI=1S/C35H49N5O4S2/c1-35(2,3)44-28-6-9-30(10-7-28)46(42,43)33-25-36-32-11-8-29(45(5)41)24-31(32)34(33)40-18-14-26(15-19-40)38-16-12-27(13-17-38)39-22-20-37(4)21-23-39/h6-11,24-27H,12-23H2,1-5H3. The number of anilines is 1. The maximum Gasteiger partial charge on any atom is 0.210 e. The minimum Gasteiger partial charge on any atom is -0.612 e. The highest BCUT2D eigenvalue weighted by molar-refractivity contribution is 7.91. The molecule has 2 aromatic carbocycles. The van der Waals surface area contributed by atoms with Gasteiger partial charge in [0.2, 0.25) is 9.84 Å². The number of hydrogen-bond donors (Lipinski definition) is 0. The third-order valence-electron chi connectivity index (χ3n) is 9.81. The van der Waals surface area contributed by atoms with E-state index in [2.05, 4.69) is 31.6 Å². The number of ether oxygens (including phenoxy) is 1. The van der Waals surface area contributed by atoms with Gasteiger partial charge < -0.3 is 24.0 Å². The zero-order valence-electron chi connectivity index (χ0n) is 27.9. The average Bonchev–Trinajstić information content (AvgIpc) is 3.04. The van der Waals surface area contributed by atoms with Crippen molar-refractivity contribution >= 4 is 37.6 Å². The van der Waals surface area contributed by atoms with Crippen molar-refractivity contribution in [1.82, 2.24) is 19.7 Å². The van der Waals surface area contributed by atoms with Crippen molar-refractivity contribution in [3.05, 3.63) is 48.7 Å². The second kappa shape index (κ2) is 13.6. The van der Waals surface area contributed by atoms with Crippen molar-refractivity contribution in [3.8, 4) is 5.75 Å². The van der Waals surface area contributed by atoms with E-state index in [1.54, 1.807) is 30.5 Å². The normalized spacial score (nSPS) is 21.1. The predicted molar refractivity (Wildman–Crippen MR) is 185 cm³/mol. The van der Waals surface area contributed by atoms with Gasteiger partial charge in [0.1, 0.15) is 22.5 Å². The van der Waals surface area contributed by atoms with E-state index in [1.807, 2.05) is 39.0 Å². The van der Waals surface area contributed by atoms with Crippen LogP contribution in [0.15, 0.2) is 63.3 Å². The van der Waals surface area contributed by atoms with Crippen LogP contribution in [0.1, 0.15) is 46.5 Å². The number of piperidine rings is 2. The lowest BCUT2D eigenvalue weighted by molar-refractivity contribution is 0.0495. The van der Waals surface area contributed by atoms with Crippen LogP contribution in [0.25, 0.3) is 10.9 Å². The largest absolute Gasteiger partial charge is 0.612 e. The van der Waals surface area contributed by atoms with Crippen molar-refractivity contribution in [1.29, 1.82) is 0 Å². The molecule has 3 aliphatic rings. The van der Waals surface area contributed by atoms with Gasteiger partial charge in [-0.05, 0) is 114 Å². The van der Waals surface area contributed by atoms with Crippen LogP contribution in [0.4, 0.5) is 5.69 Å². The molecule has 6 rings (SSSR count). The molecule has 3 saturated heterocycles. The van der Waals surface area contributed by atoms with E-state index in [1.165, 1.54) is 32.1 Å². The van der Waals surface area contributed by atoms with E-state index < -0.39 is 21.0 Å². The number of pyridine rings is 1. The first kappa shape index (κ1) is 33.5. The van der Waals surface area contributed by atoms with Gasteiger partial charge in [0.25, 0.3) is 0 Å². The fourth-order valence-corrected chi connectivity index (χ4v) is 9.24. The highest BCUT2D eigenvalue weighted by Gasteiger charge is 2.34. The number of likely N-dealkylation sites (N-methyl/N-ethyl adjacent to an activating group) is 1. The highest BCUT2D eigenvalue weighted by Crippen LogP contribution is 2.39. The molecule has 1 atom stereocenters. The molecule has 9 nitrogen and oxygen atoms in total. The number of piperazine rings is 1. The molecule has 4 heterocycles. The van der Waals surface area contributed by atoms with Gasteiger partial charge in [-0.15, -0.1) is 0 Å². The van der Waals surface area contributed by atoms with Crippen molar-refractivity contribution in [3.63, 3.8) is 0 Å². The summed E-state index contributed by atoms with van der Waals surface area (Å²) in [7, 11) is -1.70. The summed E-state index contributed by atoms with van der Waals surface area (Å²) < 4.78 is 47.0. The van der Waals surface area contributed by atoms with E-state index in [9.17, 15) is 13.0 Å². The van der Waals surface area contributed by atoms with Crippen LogP contribution in [0, 0.1) is 0 Å². The summed E-state index contributed by atoms with van der Waals surface area (Å²) in [6.07, 6.45) is 7.54. The van der Waals surface area contributed by atoms with Crippen molar-refractivity contribution < 1.29 is 17.7 Å². The molecule has 3 aliphatic heterocycles. The Morgan fingerprint density at radius 2 is 1.43 bits per heavy atom. The van der Waals surface area contributed by atoms with Gasteiger partial charge in [-0.1, -0.05) is 0 Å². The van der Waals surface area contributed by atoms with Crippen LogP contribution >= 0.6 is 0 Å². The summed E-state index contributed by atoms with van der Waals surface area (Å²) in [5.41, 5.74) is 0.976. The van der Waals surface area contributed by atoms with Crippen molar-refractivity contribution in [2.75, 3.05) is 70.6 Å². The number of hydrogen-bond acceptors (Lipinski definition) is 9. The van der Waals surface area contributed by atoms with Gasteiger partial charge in [-0.2, -0.15) is 0 Å². The average molecular weight is 668 g/mol. The Kier molecular flexibility index (Phi) is 9.90. The fraction of sp³-hybridized carbons (Fsp3) is 0.571. The summed E-state index contributed by atoms with van der Waals surface area (Å²) in [5, 5.41) is 0.730. The molecule has 0 amide bonds. The number of rotatable bonds is 7. The maximum atomic E-state index is 14.3. The summed E-state index contributed by atoms with van der Waals surface area (Å²) in [6, 6.07) is 13.4. The SMILES string of the molecule is CN1CCN(C2CCN(C3CCN(c4c(S(=O)(=O)c5ccc(OC(C)(C)C)cc5)cnc5ccc([S+](C)[O-])cc45)CC3)CC2)CC1. The molecular weight excluding hydrogens is 619 g/mol. The molecule has 250 valence electrons. The molecule has 0 N–H and O–H groups in total. The van der Waals surface area contributed by atoms with Gasteiger partial charge in [0.05, 0.1) is 16.1 Å². The number of aromatic nitrogens is 1. The van der Waals surface area contributed by atoms with Gasteiger partial charge >= 0.3 is 0 Å². The minimum absolute atomic E-state index is 0.190. The predicted octanol–water partition coefficient (Wildman–Crippen LogP) is 4.66. The third-order valence-corrected chi connectivity index (χ3v) is 12.5. The van der Waals surface area contributed by atoms with Gasteiger partial charge in [0, 0.05) is 69.0 Å². The Morgan fingerprint density at radius 3 is 2.02 bits per heavy atom. The molecule has 0 bridgehead atoms. The number of benzene rings is 2. The highest BCUT2D eigenvalue weighted by atomic mass is 32.2. The Bertz CT molecular complexity index is 1600. The van der Waals surface area contributed by atoms with Crippen LogP contribution in [0.2, 0.25) is 0 Å². The smallest absolute Gasteiger partial charge is 0.210 e. The zero-order chi connectivity index (χ0) is 32.6. The number of sulfone groups is 1. The Labute approximate surface area is 278 Å². The second-order valence-electron chi connectivity index (χ2n) is 14.1. The Balaban J connectivity index is 1.24. The summed E-state index contributed by atoms with van der Waals surface area (Å²) in [4.78, 5) is 15.6. The lowest BCUT2D eigenvalue weighted by atomic mass is 9.96. The first-order valence-corrected chi connectivity index (χ1v) is 19.7. The molecule has 0 radical (unpaired) electrons. The van der Waals surface area contributed by atoms with Crippen LogP contribution in [-0.2, 0) is 21.0 Å². The van der Waals surface area contributed by atoms with E-state index in [4.69, 9.17) is 4.74 Å². The molecule has 0 saturated carbocycles. The molecule has 3 aromatic rings. The van der Waals surface area contributed by atoms with Crippen LogP contribution < -0.4 is 9.64 Å². The minimum atomic E-state index is -3.91. The molecule has 46 heavy (non-hydrogen) atoms. The summed E-state index contributed by atoms with van der Waals surface area (Å²) in [5.74, 6) is 0.619. The van der Waals surface area contributed by atoms with E-state index in [0.717, 1.165) is 57.5 Å². The Morgan fingerprint density at radius 1 is 0.848 bits per heavy atom. The number of likely N-dealkylation sites (tertiary alicyclic amines) is 1. The number of nitrogens with zero attached hydrogens (tertiary/aromatic N) is 5. The van der Waals surface area contributed by atoms with Crippen LogP contribution in [-0.4, -0.2) is 116 Å². The molecular formula is C35H49N5O4S2. The summed E-state index contributed by atoms with van der Waals surface area (Å²) >= 11 is -1.21. The topological polar surface area (TPSA) is 92.3 Å².